The van der Waals surface area contributed by atoms with E-state index >= 15 is 0 Å². The van der Waals surface area contributed by atoms with Crippen LogP contribution in [0.3, 0.4) is 0 Å². The molecule has 2 heteroatoms. The molecule has 1 unspecified atom stereocenters. The Kier molecular flexibility index (Phi) is 3.01. The second-order valence-corrected chi connectivity index (χ2v) is 3.81. The minimum Gasteiger partial charge on any atom is -0.287 e. The molecule has 0 N–H and O–H groups in total. The Bertz CT molecular complexity index is 108. The maximum Gasteiger partial charge on any atom is 0.0760 e. The van der Waals surface area contributed by atoms with Crippen molar-refractivity contribution in [1.82, 2.24) is 10.2 Å². The van der Waals surface area contributed by atoms with Crippen LogP contribution in [0.25, 0.3) is 0 Å². The Balaban J connectivity index is 1.80. The maximum atomic E-state index is 4.66. The van der Waals surface area contributed by atoms with Crippen molar-refractivity contribution >= 4 is 0 Å². The van der Waals surface area contributed by atoms with Crippen molar-refractivity contribution in [1.29, 1.82) is 0 Å². The average Bonchev–Trinajstić information content (AvgIpc) is 2.21. The lowest BCUT2D eigenvalue weighted by Crippen LogP contribution is -2.46. The summed E-state index contributed by atoms with van der Waals surface area (Å²) in [6, 6.07) is 0. The lowest BCUT2D eigenvalue weighted by molar-refractivity contribution is 0.129. The van der Waals surface area contributed by atoms with Crippen molar-refractivity contribution in [3.8, 4) is 0 Å². The molecular formula is C10H18N2. The van der Waals surface area contributed by atoms with Gasteiger partial charge in [-0.15, -0.1) is 0 Å². The van der Waals surface area contributed by atoms with Crippen molar-refractivity contribution in [2.45, 2.75) is 38.3 Å². The summed E-state index contributed by atoms with van der Waals surface area (Å²) >= 11 is 0. The van der Waals surface area contributed by atoms with E-state index in [1.54, 1.807) is 0 Å². The van der Waals surface area contributed by atoms with Crippen LogP contribution in [0.1, 0.15) is 32.1 Å². The van der Waals surface area contributed by atoms with E-state index in [4.69, 9.17) is 0 Å². The fourth-order valence-corrected chi connectivity index (χ4v) is 2.13. The molecule has 0 aliphatic carbocycles. The van der Waals surface area contributed by atoms with Crippen molar-refractivity contribution in [3.63, 3.8) is 0 Å². The second-order valence-electron chi connectivity index (χ2n) is 3.81. The molecule has 0 aromatic heterocycles. The molecular weight excluding hydrogens is 148 g/mol. The minimum absolute atomic E-state index is 0.565. The van der Waals surface area contributed by atoms with E-state index in [1.807, 2.05) is 0 Å². The van der Waals surface area contributed by atoms with Crippen molar-refractivity contribution in [3.05, 3.63) is 6.42 Å². The average molecular weight is 166 g/mol. The van der Waals surface area contributed by atoms with E-state index in [9.17, 15) is 0 Å². The van der Waals surface area contributed by atoms with Crippen LogP contribution in [0.2, 0.25) is 0 Å². The van der Waals surface area contributed by atoms with Crippen LogP contribution in [0.4, 0.5) is 0 Å². The van der Waals surface area contributed by atoms with Gasteiger partial charge in [0.15, 0.2) is 0 Å². The molecule has 0 spiro atoms. The van der Waals surface area contributed by atoms with E-state index in [0.29, 0.717) is 6.17 Å². The second kappa shape index (κ2) is 4.24. The van der Waals surface area contributed by atoms with Crippen LogP contribution in [0.15, 0.2) is 0 Å². The summed E-state index contributed by atoms with van der Waals surface area (Å²) in [5.74, 6) is 0. The predicted molar refractivity (Wildman–Crippen MR) is 49.7 cm³/mol. The highest BCUT2D eigenvalue weighted by Crippen LogP contribution is 2.17. The van der Waals surface area contributed by atoms with Gasteiger partial charge in [-0.05, 0) is 45.1 Å². The molecule has 0 aromatic carbocycles. The SMILES string of the molecule is [CH]1CCCN(C2CCCC[N]2)C1. The van der Waals surface area contributed by atoms with Crippen LogP contribution in [0.5, 0.6) is 0 Å². The Morgan fingerprint density at radius 1 is 1.25 bits per heavy atom. The highest BCUT2D eigenvalue weighted by Gasteiger charge is 2.22. The molecule has 2 radical (unpaired) electrons. The van der Waals surface area contributed by atoms with E-state index < -0.39 is 0 Å². The van der Waals surface area contributed by atoms with E-state index in [0.717, 1.165) is 6.54 Å². The first-order valence-corrected chi connectivity index (χ1v) is 5.19. The quantitative estimate of drug-likeness (QED) is 0.575. The summed E-state index contributed by atoms with van der Waals surface area (Å²) in [6.07, 6.45) is 9.60. The van der Waals surface area contributed by atoms with E-state index in [-0.39, 0.29) is 0 Å². The number of nitrogens with zero attached hydrogens (tertiary/aromatic N) is 2. The summed E-state index contributed by atoms with van der Waals surface area (Å²) < 4.78 is 0. The van der Waals surface area contributed by atoms with Gasteiger partial charge in [0, 0.05) is 13.1 Å². The molecule has 12 heavy (non-hydrogen) atoms. The molecule has 2 aliphatic heterocycles. The summed E-state index contributed by atoms with van der Waals surface area (Å²) in [6.45, 7) is 3.54. The molecule has 0 saturated carbocycles. The summed E-state index contributed by atoms with van der Waals surface area (Å²) in [5, 5.41) is 4.66. The monoisotopic (exact) mass is 166 g/mol. The third kappa shape index (κ3) is 1.99. The van der Waals surface area contributed by atoms with Gasteiger partial charge in [0.25, 0.3) is 0 Å². The third-order valence-corrected chi connectivity index (χ3v) is 2.85. The topological polar surface area (TPSA) is 17.3 Å². The van der Waals surface area contributed by atoms with Gasteiger partial charge < -0.3 is 0 Å². The Hall–Kier alpha value is -0.0800. The number of piperidine rings is 2. The van der Waals surface area contributed by atoms with Crippen LogP contribution in [-0.4, -0.2) is 30.7 Å². The predicted octanol–water partition coefficient (Wildman–Crippen LogP) is 1.40. The molecule has 2 heterocycles. The van der Waals surface area contributed by atoms with Gasteiger partial charge in [0.2, 0.25) is 0 Å². The first-order chi connectivity index (χ1) is 5.97. The molecule has 0 amide bonds. The number of hydrogen-bond acceptors (Lipinski definition) is 1. The fourth-order valence-electron chi connectivity index (χ4n) is 2.13. The van der Waals surface area contributed by atoms with Gasteiger partial charge in [0.1, 0.15) is 0 Å². The van der Waals surface area contributed by atoms with Gasteiger partial charge in [-0.1, -0.05) is 0 Å². The third-order valence-electron chi connectivity index (χ3n) is 2.85. The zero-order chi connectivity index (χ0) is 8.23. The van der Waals surface area contributed by atoms with Crippen LogP contribution in [0, 0.1) is 6.42 Å². The van der Waals surface area contributed by atoms with Crippen LogP contribution in [-0.2, 0) is 0 Å². The molecule has 2 nitrogen and oxygen atoms in total. The van der Waals surface area contributed by atoms with Gasteiger partial charge in [-0.25, -0.2) is 5.32 Å². The van der Waals surface area contributed by atoms with Crippen molar-refractivity contribution < 1.29 is 0 Å². The maximum absolute atomic E-state index is 4.66. The number of likely N-dealkylation sites (tertiary alicyclic amines) is 1. The molecule has 68 valence electrons. The minimum atomic E-state index is 0.565. The lowest BCUT2D eigenvalue weighted by Gasteiger charge is -2.36. The smallest absolute Gasteiger partial charge is 0.0760 e. The number of hydrogen-bond donors (Lipinski definition) is 0. The van der Waals surface area contributed by atoms with Gasteiger partial charge >= 0.3 is 0 Å². The summed E-state index contributed by atoms with van der Waals surface area (Å²) in [5.41, 5.74) is 0. The Morgan fingerprint density at radius 3 is 2.92 bits per heavy atom. The fraction of sp³-hybridized carbons (Fsp3) is 0.900. The highest BCUT2D eigenvalue weighted by molar-refractivity contribution is 4.83. The van der Waals surface area contributed by atoms with Crippen LogP contribution >= 0.6 is 0 Å². The molecule has 2 saturated heterocycles. The standard InChI is InChI=1S/C10H18N2/c1-4-8-12(9-5-1)10-6-2-3-7-11-10/h4,10H,1-3,5-9H2. The number of rotatable bonds is 1. The van der Waals surface area contributed by atoms with Gasteiger partial charge in [0.05, 0.1) is 6.17 Å². The molecule has 2 aliphatic rings. The van der Waals surface area contributed by atoms with E-state index in [2.05, 4.69) is 16.6 Å². The summed E-state index contributed by atoms with van der Waals surface area (Å²) in [4.78, 5) is 2.53. The Morgan fingerprint density at radius 2 is 2.25 bits per heavy atom. The first-order valence-electron chi connectivity index (χ1n) is 5.19. The molecule has 2 fully saturated rings. The lowest BCUT2D eigenvalue weighted by atomic mass is 10.1. The molecule has 0 bridgehead atoms. The Labute approximate surface area is 75.3 Å². The van der Waals surface area contributed by atoms with Gasteiger partial charge in [-0.3, -0.25) is 4.90 Å². The van der Waals surface area contributed by atoms with Crippen molar-refractivity contribution in [2.24, 2.45) is 0 Å². The zero-order valence-electron chi connectivity index (χ0n) is 7.71. The van der Waals surface area contributed by atoms with E-state index in [1.165, 1.54) is 45.2 Å². The first kappa shape index (κ1) is 8.52. The highest BCUT2D eigenvalue weighted by atomic mass is 15.3. The normalized spacial score (nSPS) is 33.5. The molecule has 0 aromatic rings. The largest absolute Gasteiger partial charge is 0.287 e. The zero-order valence-corrected chi connectivity index (χ0v) is 7.71. The van der Waals surface area contributed by atoms with Crippen molar-refractivity contribution in [2.75, 3.05) is 19.6 Å². The van der Waals surface area contributed by atoms with Crippen LogP contribution < -0.4 is 5.32 Å². The molecule has 2 rings (SSSR count). The summed E-state index contributed by atoms with van der Waals surface area (Å²) in [7, 11) is 0. The molecule has 1 atom stereocenters. The van der Waals surface area contributed by atoms with Gasteiger partial charge in [-0.2, -0.15) is 0 Å².